The second kappa shape index (κ2) is 6.43. The Balaban J connectivity index is 2.46. The molecule has 1 rings (SSSR count). The number of carbonyl (C=O) groups is 1. The van der Waals surface area contributed by atoms with E-state index in [0.717, 1.165) is 11.3 Å². The highest BCUT2D eigenvalue weighted by Crippen LogP contribution is 2.15. The molecule has 19 heavy (non-hydrogen) atoms. The van der Waals surface area contributed by atoms with Crippen LogP contribution in [0.5, 0.6) is 5.75 Å². The molecular weight excluding hydrogens is 244 g/mol. The molecule has 0 fully saturated rings. The van der Waals surface area contributed by atoms with Crippen molar-refractivity contribution < 1.29 is 14.3 Å². The molecule has 0 radical (unpaired) electrons. The highest BCUT2D eigenvalue weighted by atomic mass is 16.6. The Bertz CT molecular complexity index is 410. The van der Waals surface area contributed by atoms with Gasteiger partial charge in [0.05, 0.1) is 7.11 Å². The van der Waals surface area contributed by atoms with Gasteiger partial charge >= 0.3 is 6.09 Å². The number of methoxy groups -OCH3 is 1. The van der Waals surface area contributed by atoms with Gasteiger partial charge in [0.15, 0.2) is 0 Å². The SMILES string of the molecule is COc1ccc(C(N)CNC(=O)OC(C)(C)C)cc1. The molecule has 1 atom stereocenters. The number of nitrogens with one attached hydrogen (secondary N) is 1. The summed E-state index contributed by atoms with van der Waals surface area (Å²) >= 11 is 0. The third-order valence-electron chi connectivity index (χ3n) is 2.41. The topological polar surface area (TPSA) is 73.6 Å². The average Bonchev–Trinajstić information content (AvgIpc) is 2.34. The Morgan fingerprint density at radius 1 is 1.32 bits per heavy atom. The van der Waals surface area contributed by atoms with Gasteiger partial charge < -0.3 is 20.5 Å². The third kappa shape index (κ3) is 5.61. The second-order valence-electron chi connectivity index (χ2n) is 5.26. The molecule has 0 aromatic heterocycles. The van der Waals surface area contributed by atoms with Crippen LogP contribution in [0.3, 0.4) is 0 Å². The number of nitrogens with two attached hydrogens (primary N) is 1. The Morgan fingerprint density at radius 3 is 2.37 bits per heavy atom. The minimum atomic E-state index is -0.506. The third-order valence-corrected chi connectivity index (χ3v) is 2.41. The summed E-state index contributed by atoms with van der Waals surface area (Å²) in [6.45, 7) is 5.77. The molecule has 106 valence electrons. The van der Waals surface area contributed by atoms with Crippen LogP contribution in [0.1, 0.15) is 32.4 Å². The first-order valence-corrected chi connectivity index (χ1v) is 6.18. The van der Waals surface area contributed by atoms with Crippen LogP contribution in [0.2, 0.25) is 0 Å². The van der Waals surface area contributed by atoms with E-state index in [2.05, 4.69) is 5.32 Å². The minimum Gasteiger partial charge on any atom is -0.497 e. The fraction of sp³-hybridized carbons (Fsp3) is 0.500. The lowest BCUT2D eigenvalue weighted by Crippen LogP contribution is -2.36. The van der Waals surface area contributed by atoms with Crippen molar-refractivity contribution in [3.63, 3.8) is 0 Å². The van der Waals surface area contributed by atoms with Crippen LogP contribution >= 0.6 is 0 Å². The highest BCUT2D eigenvalue weighted by molar-refractivity contribution is 5.67. The summed E-state index contributed by atoms with van der Waals surface area (Å²) in [5, 5.41) is 2.65. The molecule has 5 nitrogen and oxygen atoms in total. The van der Waals surface area contributed by atoms with E-state index < -0.39 is 11.7 Å². The first-order chi connectivity index (χ1) is 8.81. The van der Waals surface area contributed by atoms with Crippen LogP contribution in [-0.2, 0) is 4.74 Å². The molecule has 1 aromatic rings. The van der Waals surface area contributed by atoms with Gasteiger partial charge in [-0.05, 0) is 38.5 Å². The van der Waals surface area contributed by atoms with Gasteiger partial charge in [0.1, 0.15) is 11.4 Å². The lowest BCUT2D eigenvalue weighted by atomic mass is 10.1. The summed E-state index contributed by atoms with van der Waals surface area (Å²) in [5.41, 5.74) is 6.41. The number of rotatable bonds is 4. The van der Waals surface area contributed by atoms with E-state index in [9.17, 15) is 4.79 Å². The zero-order valence-corrected chi connectivity index (χ0v) is 11.9. The summed E-state index contributed by atoms with van der Waals surface area (Å²) in [6.07, 6.45) is -0.462. The maximum absolute atomic E-state index is 11.5. The average molecular weight is 266 g/mol. The lowest BCUT2D eigenvalue weighted by Gasteiger charge is -2.21. The van der Waals surface area contributed by atoms with Crippen LogP contribution in [0, 0.1) is 0 Å². The van der Waals surface area contributed by atoms with E-state index in [1.54, 1.807) is 7.11 Å². The monoisotopic (exact) mass is 266 g/mol. The standard InChI is InChI=1S/C14H22N2O3/c1-14(2,3)19-13(17)16-9-12(15)10-5-7-11(18-4)8-6-10/h5-8,12H,9,15H2,1-4H3,(H,16,17). The van der Waals surface area contributed by atoms with Gasteiger partial charge in [-0.15, -0.1) is 0 Å². The van der Waals surface area contributed by atoms with Gasteiger partial charge in [0.2, 0.25) is 0 Å². The molecule has 0 bridgehead atoms. The van der Waals surface area contributed by atoms with E-state index in [1.807, 2.05) is 45.0 Å². The van der Waals surface area contributed by atoms with E-state index in [4.69, 9.17) is 15.2 Å². The molecule has 1 amide bonds. The predicted octanol–water partition coefficient (Wildman–Crippen LogP) is 2.22. The second-order valence-corrected chi connectivity index (χ2v) is 5.26. The van der Waals surface area contributed by atoms with Gasteiger partial charge in [-0.1, -0.05) is 12.1 Å². The van der Waals surface area contributed by atoms with Crippen LogP contribution in [0.4, 0.5) is 4.79 Å². The first kappa shape index (κ1) is 15.3. The molecule has 0 aliphatic carbocycles. The normalized spacial score (nSPS) is 12.7. The summed E-state index contributed by atoms with van der Waals surface area (Å²) < 4.78 is 10.2. The van der Waals surface area contributed by atoms with E-state index in [0.29, 0.717) is 6.54 Å². The number of alkyl carbamates (subject to hydrolysis) is 1. The van der Waals surface area contributed by atoms with Crippen molar-refractivity contribution in [3.8, 4) is 5.75 Å². The van der Waals surface area contributed by atoms with Gasteiger partial charge in [0.25, 0.3) is 0 Å². The molecule has 3 N–H and O–H groups in total. The van der Waals surface area contributed by atoms with Gasteiger partial charge in [-0.2, -0.15) is 0 Å². The van der Waals surface area contributed by atoms with Crippen LogP contribution < -0.4 is 15.8 Å². The molecular formula is C14H22N2O3. The minimum absolute atomic E-state index is 0.279. The van der Waals surface area contributed by atoms with Crippen LogP contribution in [0.15, 0.2) is 24.3 Å². The molecule has 0 aliphatic rings. The number of hydrogen-bond acceptors (Lipinski definition) is 4. The molecule has 0 saturated carbocycles. The fourth-order valence-corrected chi connectivity index (χ4v) is 1.48. The van der Waals surface area contributed by atoms with Crippen molar-refractivity contribution in [1.29, 1.82) is 0 Å². The number of ether oxygens (including phenoxy) is 2. The van der Waals surface area contributed by atoms with Gasteiger partial charge in [-0.25, -0.2) is 4.79 Å². The summed E-state index contributed by atoms with van der Waals surface area (Å²) in [7, 11) is 1.61. The summed E-state index contributed by atoms with van der Waals surface area (Å²) in [5.74, 6) is 0.774. The summed E-state index contributed by atoms with van der Waals surface area (Å²) in [4.78, 5) is 11.5. The summed E-state index contributed by atoms with van der Waals surface area (Å²) in [6, 6.07) is 7.14. The maximum atomic E-state index is 11.5. The van der Waals surface area contributed by atoms with Crippen molar-refractivity contribution in [1.82, 2.24) is 5.32 Å². The molecule has 5 heteroatoms. The fourth-order valence-electron chi connectivity index (χ4n) is 1.48. The van der Waals surface area contributed by atoms with Crippen LogP contribution in [0.25, 0.3) is 0 Å². The molecule has 0 saturated heterocycles. The molecule has 1 aromatic carbocycles. The Labute approximate surface area is 114 Å². The van der Waals surface area contributed by atoms with Gasteiger partial charge in [0, 0.05) is 12.6 Å². The Morgan fingerprint density at radius 2 is 1.89 bits per heavy atom. The maximum Gasteiger partial charge on any atom is 0.407 e. The van der Waals surface area contributed by atoms with E-state index >= 15 is 0 Å². The quantitative estimate of drug-likeness (QED) is 0.876. The highest BCUT2D eigenvalue weighted by Gasteiger charge is 2.16. The number of amides is 1. The van der Waals surface area contributed by atoms with E-state index in [-0.39, 0.29) is 6.04 Å². The zero-order valence-electron chi connectivity index (χ0n) is 11.9. The van der Waals surface area contributed by atoms with Crippen molar-refractivity contribution in [2.24, 2.45) is 5.73 Å². The molecule has 0 aliphatic heterocycles. The largest absolute Gasteiger partial charge is 0.497 e. The van der Waals surface area contributed by atoms with Crippen molar-refractivity contribution in [3.05, 3.63) is 29.8 Å². The van der Waals surface area contributed by atoms with Crippen molar-refractivity contribution >= 4 is 6.09 Å². The van der Waals surface area contributed by atoms with Crippen molar-refractivity contribution in [2.45, 2.75) is 32.4 Å². The molecule has 0 spiro atoms. The smallest absolute Gasteiger partial charge is 0.407 e. The Kier molecular flexibility index (Phi) is 5.18. The lowest BCUT2D eigenvalue weighted by molar-refractivity contribution is 0.0524. The van der Waals surface area contributed by atoms with Crippen LogP contribution in [-0.4, -0.2) is 25.3 Å². The molecule has 1 unspecified atom stereocenters. The van der Waals surface area contributed by atoms with Crippen molar-refractivity contribution in [2.75, 3.05) is 13.7 Å². The molecule has 0 heterocycles. The number of carbonyl (C=O) groups excluding carboxylic acids is 1. The predicted molar refractivity (Wildman–Crippen MR) is 74.2 cm³/mol. The zero-order chi connectivity index (χ0) is 14.5. The number of benzene rings is 1. The first-order valence-electron chi connectivity index (χ1n) is 6.18. The van der Waals surface area contributed by atoms with Gasteiger partial charge in [-0.3, -0.25) is 0 Å². The Hall–Kier alpha value is -1.75. The number of hydrogen-bond donors (Lipinski definition) is 2. The van der Waals surface area contributed by atoms with E-state index in [1.165, 1.54) is 0 Å².